The number of nitrogens with zero attached hydrogens (tertiary/aromatic N) is 3. The molecule has 0 amide bonds. The molecule has 0 aliphatic heterocycles. The highest BCUT2D eigenvalue weighted by molar-refractivity contribution is 5.81. The number of aromatic nitrogens is 2. The van der Waals surface area contributed by atoms with E-state index in [0.29, 0.717) is 5.57 Å². The van der Waals surface area contributed by atoms with Gasteiger partial charge in [-0.15, -0.1) is 0 Å². The van der Waals surface area contributed by atoms with Crippen molar-refractivity contribution in [2.24, 2.45) is 7.05 Å². The van der Waals surface area contributed by atoms with Crippen LogP contribution in [0, 0.1) is 11.3 Å². The summed E-state index contributed by atoms with van der Waals surface area (Å²) in [7, 11) is 5.25. The maximum Gasteiger partial charge on any atom is 0.134 e. The van der Waals surface area contributed by atoms with Crippen molar-refractivity contribution in [3.05, 3.63) is 59.9 Å². The number of allylic oxidation sites excluding steroid dienone is 1. The minimum absolute atomic E-state index is 0.602. The van der Waals surface area contributed by atoms with Crippen molar-refractivity contribution >= 4 is 6.08 Å². The number of ether oxygens (including phenoxy) is 2. The minimum atomic E-state index is 0.602. The molecule has 136 valence electrons. The van der Waals surface area contributed by atoms with Crippen LogP contribution in [0.2, 0.25) is 0 Å². The first-order chi connectivity index (χ1) is 13.1. The summed E-state index contributed by atoms with van der Waals surface area (Å²) in [5, 5.41) is 9.13. The smallest absolute Gasteiger partial charge is 0.134 e. The van der Waals surface area contributed by atoms with Crippen LogP contribution in [-0.4, -0.2) is 23.8 Å². The largest absolute Gasteiger partial charge is 0.497 e. The highest BCUT2D eigenvalue weighted by atomic mass is 16.5. The molecule has 3 rings (SSSR count). The molecule has 3 aromatic rings. The Labute approximate surface area is 159 Å². The van der Waals surface area contributed by atoms with Crippen LogP contribution in [0.3, 0.4) is 0 Å². The molecular formula is C22H21N3O2. The summed E-state index contributed by atoms with van der Waals surface area (Å²) in [4.78, 5) is 4.81. The van der Waals surface area contributed by atoms with Crippen LogP contribution in [0.15, 0.2) is 54.1 Å². The first-order valence-electron chi connectivity index (χ1n) is 8.51. The number of rotatable bonds is 5. The summed E-state index contributed by atoms with van der Waals surface area (Å²) in [6.45, 7) is 1.77. The van der Waals surface area contributed by atoms with E-state index >= 15 is 0 Å². The van der Waals surface area contributed by atoms with Crippen LogP contribution in [0.5, 0.6) is 11.5 Å². The molecule has 0 aliphatic rings. The van der Waals surface area contributed by atoms with E-state index in [0.717, 1.165) is 39.8 Å². The van der Waals surface area contributed by atoms with Gasteiger partial charge in [-0.2, -0.15) is 5.26 Å². The Bertz CT molecular complexity index is 1010. The Balaban J connectivity index is 2.20. The SMILES string of the molecule is COc1ccc(-c2nc(/C=C(\C)C#N)n(C)c2-c2ccc(OC)cc2)cc1. The predicted octanol–water partition coefficient (Wildman–Crippen LogP) is 4.70. The van der Waals surface area contributed by atoms with Crippen molar-refractivity contribution in [1.29, 1.82) is 5.26 Å². The summed E-state index contributed by atoms with van der Waals surface area (Å²) < 4.78 is 12.5. The Morgan fingerprint density at radius 2 is 1.48 bits per heavy atom. The molecule has 0 spiro atoms. The molecule has 5 nitrogen and oxygen atoms in total. The van der Waals surface area contributed by atoms with Gasteiger partial charge < -0.3 is 14.0 Å². The van der Waals surface area contributed by atoms with Crippen molar-refractivity contribution in [2.75, 3.05) is 14.2 Å². The number of nitriles is 1. The van der Waals surface area contributed by atoms with Gasteiger partial charge in [-0.3, -0.25) is 0 Å². The van der Waals surface area contributed by atoms with Gasteiger partial charge >= 0.3 is 0 Å². The van der Waals surface area contributed by atoms with E-state index in [4.69, 9.17) is 19.7 Å². The summed E-state index contributed by atoms with van der Waals surface area (Å²) in [5.74, 6) is 2.32. The summed E-state index contributed by atoms with van der Waals surface area (Å²) in [6, 6.07) is 17.8. The number of methoxy groups -OCH3 is 2. The van der Waals surface area contributed by atoms with Crippen molar-refractivity contribution in [1.82, 2.24) is 9.55 Å². The molecule has 0 unspecified atom stereocenters. The lowest BCUT2D eigenvalue weighted by atomic mass is 10.0. The van der Waals surface area contributed by atoms with E-state index in [-0.39, 0.29) is 0 Å². The molecule has 0 saturated heterocycles. The van der Waals surface area contributed by atoms with Crippen molar-refractivity contribution in [3.8, 4) is 40.1 Å². The van der Waals surface area contributed by atoms with Gasteiger partial charge in [0, 0.05) is 23.7 Å². The molecule has 1 heterocycles. The molecule has 0 saturated carbocycles. The molecule has 0 fully saturated rings. The number of hydrogen-bond acceptors (Lipinski definition) is 4. The second-order valence-electron chi connectivity index (χ2n) is 6.12. The molecule has 0 N–H and O–H groups in total. The third kappa shape index (κ3) is 3.70. The molecular weight excluding hydrogens is 338 g/mol. The van der Waals surface area contributed by atoms with Crippen LogP contribution in [0.4, 0.5) is 0 Å². The molecule has 27 heavy (non-hydrogen) atoms. The van der Waals surface area contributed by atoms with Gasteiger partial charge in [0.15, 0.2) is 0 Å². The molecule has 0 atom stereocenters. The zero-order chi connectivity index (χ0) is 19.4. The van der Waals surface area contributed by atoms with Gasteiger partial charge in [0.1, 0.15) is 17.3 Å². The predicted molar refractivity (Wildman–Crippen MR) is 106 cm³/mol. The van der Waals surface area contributed by atoms with Gasteiger partial charge in [-0.1, -0.05) is 0 Å². The topological polar surface area (TPSA) is 60.1 Å². The number of imidazole rings is 1. The molecule has 1 aromatic heterocycles. The highest BCUT2D eigenvalue weighted by Gasteiger charge is 2.17. The summed E-state index contributed by atoms with van der Waals surface area (Å²) in [5.41, 5.74) is 4.42. The Hall–Kier alpha value is -3.52. The van der Waals surface area contributed by atoms with E-state index < -0.39 is 0 Å². The Morgan fingerprint density at radius 1 is 0.963 bits per heavy atom. The second-order valence-corrected chi connectivity index (χ2v) is 6.12. The van der Waals surface area contributed by atoms with Gasteiger partial charge in [0.25, 0.3) is 0 Å². The van der Waals surface area contributed by atoms with Crippen LogP contribution in [0.25, 0.3) is 28.6 Å². The summed E-state index contributed by atoms with van der Waals surface area (Å²) >= 11 is 0. The molecule has 0 aliphatic carbocycles. The monoisotopic (exact) mass is 359 g/mol. The lowest BCUT2D eigenvalue weighted by Gasteiger charge is -2.09. The number of benzene rings is 2. The van der Waals surface area contributed by atoms with E-state index in [2.05, 4.69) is 6.07 Å². The maximum absolute atomic E-state index is 9.13. The standard InChI is InChI=1S/C22H21N3O2/c1-15(14-23)13-20-24-21(16-5-9-18(26-3)10-6-16)22(25(20)2)17-7-11-19(27-4)12-8-17/h5-13H,1-4H3/b15-13+. The summed E-state index contributed by atoms with van der Waals surface area (Å²) in [6.07, 6.45) is 1.79. The van der Waals surface area contributed by atoms with E-state index in [1.165, 1.54) is 0 Å². The lowest BCUT2D eigenvalue weighted by molar-refractivity contribution is 0.414. The molecule has 0 radical (unpaired) electrons. The van der Waals surface area contributed by atoms with Crippen LogP contribution in [0.1, 0.15) is 12.7 Å². The third-order valence-corrected chi connectivity index (χ3v) is 4.38. The average Bonchev–Trinajstić information content (AvgIpc) is 3.04. The Kier molecular flexibility index (Phi) is 5.28. The van der Waals surface area contributed by atoms with Gasteiger partial charge in [0.05, 0.1) is 31.7 Å². The molecule has 2 aromatic carbocycles. The number of hydrogen-bond donors (Lipinski definition) is 0. The zero-order valence-electron chi connectivity index (χ0n) is 15.9. The minimum Gasteiger partial charge on any atom is -0.497 e. The maximum atomic E-state index is 9.13. The quantitative estimate of drug-likeness (QED) is 0.620. The first kappa shape index (κ1) is 18.3. The normalized spacial score (nSPS) is 11.1. The average molecular weight is 359 g/mol. The van der Waals surface area contributed by atoms with Crippen molar-refractivity contribution in [2.45, 2.75) is 6.92 Å². The fraction of sp³-hybridized carbons (Fsp3) is 0.182. The van der Waals surface area contributed by atoms with E-state index in [1.807, 2.05) is 60.1 Å². The van der Waals surface area contributed by atoms with Gasteiger partial charge in [0.2, 0.25) is 0 Å². The van der Waals surface area contributed by atoms with Crippen LogP contribution < -0.4 is 9.47 Å². The lowest BCUT2D eigenvalue weighted by Crippen LogP contribution is -1.96. The highest BCUT2D eigenvalue weighted by Crippen LogP contribution is 2.34. The zero-order valence-corrected chi connectivity index (χ0v) is 15.9. The second kappa shape index (κ2) is 7.79. The van der Waals surface area contributed by atoms with Crippen molar-refractivity contribution in [3.63, 3.8) is 0 Å². The third-order valence-electron chi connectivity index (χ3n) is 4.38. The van der Waals surface area contributed by atoms with E-state index in [9.17, 15) is 0 Å². The van der Waals surface area contributed by atoms with Gasteiger partial charge in [-0.25, -0.2) is 4.98 Å². The van der Waals surface area contributed by atoms with Crippen molar-refractivity contribution < 1.29 is 9.47 Å². The Morgan fingerprint density at radius 3 is 1.96 bits per heavy atom. The van der Waals surface area contributed by atoms with Crippen LogP contribution in [-0.2, 0) is 7.05 Å². The molecule has 0 bridgehead atoms. The first-order valence-corrected chi connectivity index (χ1v) is 8.51. The fourth-order valence-corrected chi connectivity index (χ4v) is 2.90. The van der Waals surface area contributed by atoms with Crippen LogP contribution >= 0.6 is 0 Å². The van der Waals surface area contributed by atoms with Gasteiger partial charge in [-0.05, 0) is 61.5 Å². The van der Waals surface area contributed by atoms with E-state index in [1.54, 1.807) is 27.2 Å². The fourth-order valence-electron chi connectivity index (χ4n) is 2.90. The molecule has 5 heteroatoms.